The first-order chi connectivity index (χ1) is 26.3. The van der Waals surface area contributed by atoms with Crippen molar-refractivity contribution < 1.29 is 0 Å². The molecular formula is C51H42P2. The summed E-state index contributed by atoms with van der Waals surface area (Å²) in [5.74, 6) is 0. The number of rotatable bonds is 12. The molecular weight excluding hydrogens is 675 g/mol. The molecule has 0 heterocycles. The number of hydrogen-bond acceptors (Lipinski definition) is 0. The summed E-state index contributed by atoms with van der Waals surface area (Å²) in [7, 11) is -1.08. The maximum absolute atomic E-state index is 2.38. The third kappa shape index (κ3) is 8.48. The van der Waals surface area contributed by atoms with Gasteiger partial charge in [-0.2, -0.15) is 0 Å². The van der Waals surface area contributed by atoms with Crippen LogP contribution in [0.5, 0.6) is 0 Å². The van der Waals surface area contributed by atoms with Gasteiger partial charge in [-0.1, -0.05) is 218 Å². The molecule has 0 radical (unpaired) electrons. The highest BCUT2D eigenvalue weighted by Gasteiger charge is 2.19. The van der Waals surface area contributed by atoms with Crippen molar-refractivity contribution in [2.75, 3.05) is 12.3 Å². The second-order valence-corrected chi connectivity index (χ2v) is 18.0. The van der Waals surface area contributed by atoms with Gasteiger partial charge in [0.15, 0.2) is 0 Å². The molecule has 0 N–H and O–H groups in total. The van der Waals surface area contributed by atoms with E-state index in [0.717, 1.165) is 18.7 Å². The average molecular weight is 717 g/mol. The van der Waals surface area contributed by atoms with Crippen LogP contribution in [-0.2, 0) is 0 Å². The Hall–Kier alpha value is -5.38. The highest BCUT2D eigenvalue weighted by Crippen LogP contribution is 2.41. The third-order valence-corrected chi connectivity index (χ3v) is 15.1. The minimum absolute atomic E-state index is 0.542. The summed E-state index contributed by atoms with van der Waals surface area (Å²) in [6.07, 6.45) is 3.45. The summed E-state index contributed by atoms with van der Waals surface area (Å²) < 4.78 is 0. The predicted octanol–water partition coefficient (Wildman–Crippen LogP) is 12.3. The summed E-state index contributed by atoms with van der Waals surface area (Å²) in [5, 5.41) is 5.76. The Labute approximate surface area is 317 Å². The molecule has 0 unspecified atom stereocenters. The number of hydrogen-bond donors (Lipinski definition) is 0. The lowest BCUT2D eigenvalue weighted by molar-refractivity contribution is 1.11. The quantitative estimate of drug-likeness (QED) is 0.110. The molecule has 0 nitrogen and oxygen atoms in total. The fourth-order valence-corrected chi connectivity index (χ4v) is 11.9. The Bertz CT molecular complexity index is 1970. The van der Waals surface area contributed by atoms with Gasteiger partial charge < -0.3 is 0 Å². The zero-order valence-corrected chi connectivity index (χ0v) is 31.6. The van der Waals surface area contributed by atoms with Crippen molar-refractivity contribution in [3.8, 4) is 44.5 Å². The van der Waals surface area contributed by atoms with Crippen molar-refractivity contribution in [3.63, 3.8) is 0 Å². The van der Waals surface area contributed by atoms with E-state index in [2.05, 4.69) is 218 Å². The van der Waals surface area contributed by atoms with Gasteiger partial charge in [0.1, 0.15) is 0 Å². The fraction of sp³-hybridized carbons (Fsp3) is 0.0588. The van der Waals surface area contributed by atoms with E-state index in [4.69, 9.17) is 0 Å². The van der Waals surface area contributed by atoms with Gasteiger partial charge in [-0.05, 0) is 100 Å². The molecule has 0 aliphatic heterocycles. The van der Waals surface area contributed by atoms with E-state index >= 15 is 0 Å². The van der Waals surface area contributed by atoms with Gasteiger partial charge in [0, 0.05) is 0 Å². The van der Waals surface area contributed by atoms with Crippen LogP contribution >= 0.6 is 15.8 Å². The topological polar surface area (TPSA) is 0 Å². The standard InChI is InChI=1S/C51H42P2/c1-5-14-40(15-6-1)44-22-30-48(31-23-44)52(49-32-24-45(25-33-49)41-16-7-2-8-17-41)38-13-39-53(50-34-26-46(27-35-50)42-18-9-3-10-19-42)51-36-28-47(29-37-51)43-20-11-4-12-21-43/h1-12,14-37H,13,38-39H2. The van der Waals surface area contributed by atoms with Gasteiger partial charge in [-0.25, -0.2) is 0 Å². The van der Waals surface area contributed by atoms with Gasteiger partial charge in [-0.3, -0.25) is 0 Å². The molecule has 0 fully saturated rings. The van der Waals surface area contributed by atoms with E-state index in [1.54, 1.807) is 0 Å². The fourth-order valence-electron chi connectivity index (χ4n) is 7.06. The zero-order chi connectivity index (χ0) is 35.7. The van der Waals surface area contributed by atoms with Crippen molar-refractivity contribution in [1.82, 2.24) is 0 Å². The van der Waals surface area contributed by atoms with Crippen molar-refractivity contribution >= 4 is 37.1 Å². The van der Waals surface area contributed by atoms with Gasteiger partial charge in [0.2, 0.25) is 0 Å². The molecule has 0 bridgehead atoms. The summed E-state index contributed by atoms with van der Waals surface area (Å²) >= 11 is 0. The molecule has 53 heavy (non-hydrogen) atoms. The Morgan fingerprint density at radius 2 is 0.396 bits per heavy atom. The Balaban J connectivity index is 1.08. The Morgan fingerprint density at radius 1 is 0.208 bits per heavy atom. The Morgan fingerprint density at radius 3 is 0.604 bits per heavy atom. The van der Waals surface area contributed by atoms with E-state index < -0.39 is 15.8 Å². The summed E-state index contributed by atoms with van der Waals surface area (Å²) in [6.45, 7) is 0. The van der Waals surface area contributed by atoms with Gasteiger partial charge in [-0.15, -0.1) is 0 Å². The maximum atomic E-state index is 2.38. The van der Waals surface area contributed by atoms with Crippen LogP contribution in [0.4, 0.5) is 0 Å². The number of benzene rings is 8. The van der Waals surface area contributed by atoms with E-state index in [1.807, 2.05) is 0 Å². The van der Waals surface area contributed by atoms with Crippen molar-refractivity contribution in [1.29, 1.82) is 0 Å². The van der Waals surface area contributed by atoms with Gasteiger partial charge in [0.05, 0.1) is 0 Å². The average Bonchev–Trinajstić information content (AvgIpc) is 3.25. The van der Waals surface area contributed by atoms with Crippen LogP contribution in [-0.4, -0.2) is 12.3 Å². The van der Waals surface area contributed by atoms with E-state index in [-0.39, 0.29) is 0 Å². The summed E-state index contributed by atoms with van der Waals surface area (Å²) in [4.78, 5) is 0. The molecule has 0 amide bonds. The molecule has 0 atom stereocenters. The molecule has 0 saturated carbocycles. The van der Waals surface area contributed by atoms with Gasteiger partial charge in [0.25, 0.3) is 0 Å². The van der Waals surface area contributed by atoms with Crippen LogP contribution < -0.4 is 21.2 Å². The highest BCUT2D eigenvalue weighted by molar-refractivity contribution is 7.74. The summed E-state index contributed by atoms with van der Waals surface area (Å²) in [6, 6.07) is 80.4. The first-order valence-corrected chi connectivity index (χ1v) is 21.5. The predicted molar refractivity (Wildman–Crippen MR) is 234 cm³/mol. The lowest BCUT2D eigenvalue weighted by Gasteiger charge is -2.23. The highest BCUT2D eigenvalue weighted by atomic mass is 31.1. The lowest BCUT2D eigenvalue weighted by atomic mass is 10.1. The van der Waals surface area contributed by atoms with Crippen LogP contribution in [0.3, 0.4) is 0 Å². The Kier molecular flexibility index (Phi) is 11.1. The monoisotopic (exact) mass is 716 g/mol. The second kappa shape index (κ2) is 17.0. The van der Waals surface area contributed by atoms with Crippen molar-refractivity contribution in [2.45, 2.75) is 6.42 Å². The van der Waals surface area contributed by atoms with Crippen LogP contribution in [0.2, 0.25) is 0 Å². The van der Waals surface area contributed by atoms with E-state index in [0.29, 0.717) is 0 Å². The molecule has 0 aliphatic carbocycles. The minimum Gasteiger partial charge on any atom is -0.0622 e. The molecule has 256 valence electrons. The second-order valence-electron chi connectivity index (χ2n) is 13.3. The van der Waals surface area contributed by atoms with E-state index in [9.17, 15) is 0 Å². The van der Waals surface area contributed by atoms with Crippen molar-refractivity contribution in [3.05, 3.63) is 218 Å². The summed E-state index contributed by atoms with van der Waals surface area (Å²) in [5.41, 5.74) is 10.1. The lowest BCUT2D eigenvalue weighted by Crippen LogP contribution is -2.17. The third-order valence-electron chi connectivity index (χ3n) is 9.91. The molecule has 8 rings (SSSR count). The van der Waals surface area contributed by atoms with Gasteiger partial charge >= 0.3 is 0 Å². The molecule has 0 spiro atoms. The molecule has 8 aromatic carbocycles. The molecule has 0 aromatic heterocycles. The molecule has 2 heteroatoms. The van der Waals surface area contributed by atoms with Crippen molar-refractivity contribution in [2.24, 2.45) is 0 Å². The maximum Gasteiger partial charge on any atom is -0.0184 e. The van der Waals surface area contributed by atoms with Crippen LogP contribution in [0.15, 0.2) is 218 Å². The smallest absolute Gasteiger partial charge is 0.0184 e. The largest absolute Gasteiger partial charge is 0.0622 e. The zero-order valence-electron chi connectivity index (χ0n) is 29.8. The first kappa shape index (κ1) is 34.7. The van der Waals surface area contributed by atoms with Crippen LogP contribution in [0.25, 0.3) is 44.5 Å². The minimum atomic E-state index is -0.542. The molecule has 0 saturated heterocycles. The van der Waals surface area contributed by atoms with Crippen LogP contribution in [0.1, 0.15) is 6.42 Å². The molecule has 0 aliphatic rings. The first-order valence-electron chi connectivity index (χ1n) is 18.5. The SMILES string of the molecule is c1ccc(-c2ccc(P(CCCP(c3ccc(-c4ccccc4)cc3)c3ccc(-c4ccccc4)cc3)c3ccc(-c4ccccc4)cc3)cc2)cc1. The van der Waals surface area contributed by atoms with Crippen LogP contribution in [0, 0.1) is 0 Å². The normalized spacial score (nSPS) is 11.2. The van der Waals surface area contributed by atoms with E-state index in [1.165, 1.54) is 65.7 Å². The molecule has 8 aromatic rings.